The van der Waals surface area contributed by atoms with Crippen LogP contribution in [0, 0.1) is 13.8 Å². The summed E-state index contributed by atoms with van der Waals surface area (Å²) in [5.41, 5.74) is 2.09. The average molecular weight is 240 g/mol. The number of hydrogen-bond acceptors (Lipinski definition) is 3. The van der Waals surface area contributed by atoms with Crippen LogP contribution >= 0.6 is 0 Å². The molecule has 2 aromatic heterocycles. The quantitative estimate of drug-likeness (QED) is 0.593. The number of aromatic hydroxyl groups is 1. The fourth-order valence-corrected chi connectivity index (χ4v) is 2.33. The van der Waals surface area contributed by atoms with Gasteiger partial charge >= 0.3 is 0 Å². The lowest BCUT2D eigenvalue weighted by Crippen LogP contribution is -2.04. The van der Waals surface area contributed by atoms with Gasteiger partial charge in [-0.25, -0.2) is 0 Å². The first-order chi connectivity index (χ1) is 8.58. The van der Waals surface area contributed by atoms with E-state index in [0.717, 1.165) is 22.2 Å². The van der Waals surface area contributed by atoms with Crippen molar-refractivity contribution in [1.82, 2.24) is 9.97 Å². The Morgan fingerprint density at radius 3 is 2.78 bits per heavy atom. The van der Waals surface area contributed by atoms with Crippen LogP contribution in [0.5, 0.6) is 5.75 Å². The largest absolute Gasteiger partial charge is 0.507 e. The van der Waals surface area contributed by atoms with E-state index in [4.69, 9.17) is 0 Å². The molecule has 0 radical (unpaired) electrons. The monoisotopic (exact) mass is 240 g/mol. The SMILES string of the molecule is Cc1cc(=O)c2c(O)cc3c(C)nccc3c2[nH]1. The van der Waals surface area contributed by atoms with Gasteiger partial charge in [-0.2, -0.15) is 0 Å². The van der Waals surface area contributed by atoms with Crippen molar-refractivity contribution >= 4 is 21.7 Å². The van der Waals surface area contributed by atoms with Gasteiger partial charge in [0, 0.05) is 34.4 Å². The third kappa shape index (κ3) is 1.39. The number of aromatic nitrogens is 2. The van der Waals surface area contributed by atoms with Crippen LogP contribution in [0.1, 0.15) is 11.4 Å². The maximum Gasteiger partial charge on any atom is 0.193 e. The van der Waals surface area contributed by atoms with Crippen molar-refractivity contribution in [3.63, 3.8) is 0 Å². The Balaban J connectivity index is 2.70. The van der Waals surface area contributed by atoms with Crippen LogP contribution in [0.3, 0.4) is 0 Å². The number of benzene rings is 1. The molecule has 0 saturated heterocycles. The summed E-state index contributed by atoms with van der Waals surface area (Å²) in [6.07, 6.45) is 1.70. The van der Waals surface area contributed by atoms with Crippen LogP contribution in [0.25, 0.3) is 21.7 Å². The molecule has 0 unspecified atom stereocenters. The lowest BCUT2D eigenvalue weighted by Gasteiger charge is -2.08. The van der Waals surface area contributed by atoms with Crippen LogP contribution in [-0.2, 0) is 0 Å². The maximum atomic E-state index is 12.0. The van der Waals surface area contributed by atoms with E-state index in [0.29, 0.717) is 10.9 Å². The van der Waals surface area contributed by atoms with Gasteiger partial charge in [-0.1, -0.05) is 0 Å². The molecule has 3 aromatic rings. The van der Waals surface area contributed by atoms with Crippen LogP contribution in [-0.4, -0.2) is 15.1 Å². The molecule has 18 heavy (non-hydrogen) atoms. The molecule has 0 fully saturated rings. The van der Waals surface area contributed by atoms with Gasteiger partial charge in [0.1, 0.15) is 5.75 Å². The second kappa shape index (κ2) is 3.57. The summed E-state index contributed by atoms with van der Waals surface area (Å²) < 4.78 is 0. The molecule has 4 heteroatoms. The second-order valence-corrected chi connectivity index (χ2v) is 4.45. The van der Waals surface area contributed by atoms with Crippen molar-refractivity contribution in [2.24, 2.45) is 0 Å². The average Bonchev–Trinajstić information content (AvgIpc) is 2.30. The van der Waals surface area contributed by atoms with E-state index in [2.05, 4.69) is 9.97 Å². The van der Waals surface area contributed by atoms with E-state index in [1.807, 2.05) is 19.9 Å². The molecule has 2 heterocycles. The van der Waals surface area contributed by atoms with Gasteiger partial charge in [-0.15, -0.1) is 0 Å². The molecule has 0 aliphatic rings. The van der Waals surface area contributed by atoms with E-state index in [-0.39, 0.29) is 11.2 Å². The Labute approximate surface area is 103 Å². The van der Waals surface area contributed by atoms with E-state index >= 15 is 0 Å². The number of aromatic amines is 1. The minimum absolute atomic E-state index is 0.00477. The Morgan fingerprint density at radius 1 is 1.22 bits per heavy atom. The van der Waals surface area contributed by atoms with Crippen molar-refractivity contribution in [2.45, 2.75) is 13.8 Å². The first-order valence-electron chi connectivity index (χ1n) is 5.69. The number of nitrogens with one attached hydrogen (secondary N) is 1. The standard InChI is InChI=1S/C14H12N2O2/c1-7-5-11(17)13-12(18)6-10-8(2)15-4-3-9(10)14(13)16-7/h3-6,18H,1-2H3,(H,16,17). The summed E-state index contributed by atoms with van der Waals surface area (Å²) in [6.45, 7) is 3.70. The van der Waals surface area contributed by atoms with Crippen LogP contribution in [0.15, 0.2) is 29.2 Å². The lowest BCUT2D eigenvalue weighted by atomic mass is 10.0. The number of rotatable bonds is 0. The Morgan fingerprint density at radius 2 is 2.00 bits per heavy atom. The molecule has 1 aromatic carbocycles. The zero-order chi connectivity index (χ0) is 12.9. The van der Waals surface area contributed by atoms with Gasteiger partial charge in [0.05, 0.1) is 10.9 Å². The summed E-state index contributed by atoms with van der Waals surface area (Å²) in [7, 11) is 0. The van der Waals surface area contributed by atoms with Crippen molar-refractivity contribution in [3.8, 4) is 5.75 Å². The predicted molar refractivity (Wildman–Crippen MR) is 71.0 cm³/mol. The van der Waals surface area contributed by atoms with E-state index < -0.39 is 0 Å². The molecule has 0 bridgehead atoms. The van der Waals surface area contributed by atoms with Gasteiger partial charge in [0.2, 0.25) is 0 Å². The molecule has 2 N–H and O–H groups in total. The molecule has 0 atom stereocenters. The first-order valence-corrected chi connectivity index (χ1v) is 5.69. The maximum absolute atomic E-state index is 12.0. The zero-order valence-electron chi connectivity index (χ0n) is 10.1. The molecule has 4 nitrogen and oxygen atoms in total. The Kier molecular flexibility index (Phi) is 2.13. The third-order valence-electron chi connectivity index (χ3n) is 3.16. The number of nitrogens with zero attached hydrogens (tertiary/aromatic N) is 1. The van der Waals surface area contributed by atoms with Crippen molar-refractivity contribution < 1.29 is 5.11 Å². The number of phenols is 1. The van der Waals surface area contributed by atoms with Crippen LogP contribution in [0.4, 0.5) is 0 Å². The number of hydrogen-bond donors (Lipinski definition) is 2. The van der Waals surface area contributed by atoms with Crippen molar-refractivity contribution in [1.29, 1.82) is 0 Å². The summed E-state index contributed by atoms with van der Waals surface area (Å²) in [5.74, 6) is -0.00477. The molecule has 3 rings (SSSR count). The fraction of sp³-hybridized carbons (Fsp3) is 0.143. The third-order valence-corrected chi connectivity index (χ3v) is 3.16. The normalized spacial score (nSPS) is 11.2. The number of pyridine rings is 2. The highest BCUT2D eigenvalue weighted by Crippen LogP contribution is 2.30. The fourth-order valence-electron chi connectivity index (χ4n) is 2.33. The van der Waals surface area contributed by atoms with E-state index in [9.17, 15) is 9.90 Å². The Bertz CT molecular complexity index is 834. The van der Waals surface area contributed by atoms with Gasteiger partial charge < -0.3 is 10.1 Å². The van der Waals surface area contributed by atoms with Gasteiger partial charge in [0.25, 0.3) is 0 Å². The molecule has 0 amide bonds. The molecule has 0 aliphatic carbocycles. The molecule has 0 aliphatic heterocycles. The molecular formula is C14H12N2O2. The highest BCUT2D eigenvalue weighted by atomic mass is 16.3. The van der Waals surface area contributed by atoms with Crippen molar-refractivity contribution in [3.05, 3.63) is 46.0 Å². The smallest absolute Gasteiger partial charge is 0.193 e. The number of H-pyrrole nitrogens is 1. The number of fused-ring (bicyclic) bond motifs is 3. The van der Waals surface area contributed by atoms with Crippen molar-refractivity contribution in [2.75, 3.05) is 0 Å². The van der Waals surface area contributed by atoms with Gasteiger partial charge in [-0.05, 0) is 26.0 Å². The van der Waals surface area contributed by atoms with E-state index in [1.54, 1.807) is 12.3 Å². The first kappa shape index (κ1) is 10.8. The molecule has 90 valence electrons. The molecule has 0 saturated carbocycles. The lowest BCUT2D eigenvalue weighted by molar-refractivity contribution is 0.482. The highest BCUT2D eigenvalue weighted by molar-refractivity contribution is 6.08. The predicted octanol–water partition coefficient (Wildman–Crippen LogP) is 2.40. The van der Waals surface area contributed by atoms with Crippen LogP contribution in [0.2, 0.25) is 0 Å². The molecular weight excluding hydrogens is 228 g/mol. The summed E-state index contributed by atoms with van der Waals surface area (Å²) in [4.78, 5) is 19.3. The molecule has 0 spiro atoms. The summed E-state index contributed by atoms with van der Waals surface area (Å²) in [6, 6.07) is 4.94. The minimum Gasteiger partial charge on any atom is -0.507 e. The second-order valence-electron chi connectivity index (χ2n) is 4.45. The Hall–Kier alpha value is -2.36. The summed E-state index contributed by atoms with van der Waals surface area (Å²) in [5, 5.41) is 12.1. The summed E-state index contributed by atoms with van der Waals surface area (Å²) >= 11 is 0. The van der Waals surface area contributed by atoms with Gasteiger partial charge in [-0.3, -0.25) is 9.78 Å². The van der Waals surface area contributed by atoms with Gasteiger partial charge in [0.15, 0.2) is 5.43 Å². The number of aryl methyl sites for hydroxylation is 2. The highest BCUT2D eigenvalue weighted by Gasteiger charge is 2.11. The topological polar surface area (TPSA) is 66.0 Å². The number of phenolic OH excluding ortho intramolecular Hbond substituents is 1. The van der Waals surface area contributed by atoms with E-state index in [1.165, 1.54) is 6.07 Å². The minimum atomic E-state index is -0.171. The zero-order valence-corrected chi connectivity index (χ0v) is 10.1. The van der Waals surface area contributed by atoms with Crippen LogP contribution < -0.4 is 5.43 Å².